The zero-order valence-electron chi connectivity index (χ0n) is 10.6. The minimum absolute atomic E-state index is 0.141. The number of halogens is 2. The van der Waals surface area contributed by atoms with E-state index in [0.29, 0.717) is 6.04 Å². The number of fused-ring (bicyclic) bond motifs is 1. The molecule has 1 N–H and O–H groups in total. The standard InChI is InChI=1S/C15H19BrFN/c1-18-15(12-5-9-4-10(9)6-12)8-11-7-13(17)2-3-14(11)16/h2-3,7,9-10,12,15,18H,4-6,8H2,1H3. The van der Waals surface area contributed by atoms with Gasteiger partial charge in [0.15, 0.2) is 0 Å². The number of likely N-dealkylation sites (N-methyl/N-ethyl adjacent to an activating group) is 1. The van der Waals surface area contributed by atoms with Crippen LogP contribution in [0.2, 0.25) is 0 Å². The van der Waals surface area contributed by atoms with Gasteiger partial charge in [-0.05, 0) is 74.2 Å². The molecule has 2 aliphatic rings. The largest absolute Gasteiger partial charge is 0.316 e. The van der Waals surface area contributed by atoms with Crippen LogP contribution in [-0.2, 0) is 6.42 Å². The fraction of sp³-hybridized carbons (Fsp3) is 0.600. The van der Waals surface area contributed by atoms with Crippen LogP contribution in [-0.4, -0.2) is 13.1 Å². The molecule has 0 aromatic heterocycles. The minimum Gasteiger partial charge on any atom is -0.316 e. The van der Waals surface area contributed by atoms with E-state index in [-0.39, 0.29) is 5.82 Å². The lowest BCUT2D eigenvalue weighted by Gasteiger charge is -2.25. The summed E-state index contributed by atoms with van der Waals surface area (Å²) in [7, 11) is 2.03. The molecule has 1 nitrogen and oxygen atoms in total. The van der Waals surface area contributed by atoms with Crippen molar-refractivity contribution >= 4 is 15.9 Å². The highest BCUT2D eigenvalue weighted by Crippen LogP contribution is 2.55. The van der Waals surface area contributed by atoms with Gasteiger partial charge in [-0.3, -0.25) is 0 Å². The molecule has 98 valence electrons. The predicted octanol–water partition coefficient (Wildman–Crippen LogP) is 3.76. The average Bonchev–Trinajstić information content (AvgIpc) is 2.97. The number of hydrogen-bond acceptors (Lipinski definition) is 1. The van der Waals surface area contributed by atoms with Gasteiger partial charge in [0.25, 0.3) is 0 Å². The van der Waals surface area contributed by atoms with Crippen LogP contribution in [0.15, 0.2) is 22.7 Å². The molecule has 3 heteroatoms. The van der Waals surface area contributed by atoms with Crippen LogP contribution in [0, 0.1) is 23.6 Å². The Kier molecular flexibility index (Phi) is 3.46. The van der Waals surface area contributed by atoms with E-state index in [2.05, 4.69) is 21.2 Å². The SMILES string of the molecule is CNC(Cc1cc(F)ccc1Br)C1CC2CC2C1. The smallest absolute Gasteiger partial charge is 0.123 e. The van der Waals surface area contributed by atoms with E-state index in [1.165, 1.54) is 25.3 Å². The summed E-state index contributed by atoms with van der Waals surface area (Å²) in [4.78, 5) is 0. The Bertz CT molecular complexity index is 438. The summed E-state index contributed by atoms with van der Waals surface area (Å²) in [6.45, 7) is 0. The van der Waals surface area contributed by atoms with Crippen molar-refractivity contribution in [3.05, 3.63) is 34.1 Å². The lowest BCUT2D eigenvalue weighted by Crippen LogP contribution is -2.35. The van der Waals surface area contributed by atoms with Crippen molar-refractivity contribution < 1.29 is 4.39 Å². The van der Waals surface area contributed by atoms with Crippen molar-refractivity contribution in [1.29, 1.82) is 0 Å². The zero-order chi connectivity index (χ0) is 12.7. The maximum Gasteiger partial charge on any atom is 0.123 e. The molecule has 2 saturated carbocycles. The Morgan fingerprint density at radius 1 is 1.33 bits per heavy atom. The van der Waals surface area contributed by atoms with E-state index in [9.17, 15) is 4.39 Å². The van der Waals surface area contributed by atoms with Crippen molar-refractivity contribution in [3.63, 3.8) is 0 Å². The summed E-state index contributed by atoms with van der Waals surface area (Å²) in [6.07, 6.45) is 5.10. The van der Waals surface area contributed by atoms with E-state index in [0.717, 1.165) is 34.2 Å². The fourth-order valence-electron chi connectivity index (χ4n) is 3.53. The van der Waals surface area contributed by atoms with Crippen LogP contribution < -0.4 is 5.32 Å². The first-order valence-electron chi connectivity index (χ1n) is 6.78. The first-order chi connectivity index (χ1) is 8.67. The van der Waals surface area contributed by atoms with E-state index in [4.69, 9.17) is 0 Å². The maximum absolute atomic E-state index is 13.3. The van der Waals surface area contributed by atoms with Crippen LogP contribution in [0.25, 0.3) is 0 Å². The van der Waals surface area contributed by atoms with Gasteiger partial charge in [-0.15, -0.1) is 0 Å². The summed E-state index contributed by atoms with van der Waals surface area (Å²) in [5.41, 5.74) is 1.08. The molecule has 3 rings (SSSR count). The quantitative estimate of drug-likeness (QED) is 0.892. The van der Waals surface area contributed by atoms with Gasteiger partial charge in [0.05, 0.1) is 0 Å². The molecular formula is C15H19BrFN. The summed E-state index contributed by atoms with van der Waals surface area (Å²) in [5, 5.41) is 3.44. The summed E-state index contributed by atoms with van der Waals surface area (Å²) in [5.74, 6) is 2.63. The Hall–Kier alpha value is -0.410. The first-order valence-corrected chi connectivity index (χ1v) is 7.58. The molecule has 2 fully saturated rings. The Labute approximate surface area is 116 Å². The number of nitrogens with one attached hydrogen (secondary N) is 1. The van der Waals surface area contributed by atoms with Gasteiger partial charge >= 0.3 is 0 Å². The average molecular weight is 312 g/mol. The molecule has 0 aliphatic heterocycles. The van der Waals surface area contributed by atoms with Crippen LogP contribution >= 0.6 is 15.9 Å². The molecule has 0 heterocycles. The molecular weight excluding hydrogens is 293 g/mol. The second-order valence-corrected chi connectivity index (χ2v) is 6.68. The first kappa shape index (κ1) is 12.6. The second-order valence-electron chi connectivity index (χ2n) is 5.82. The highest BCUT2D eigenvalue weighted by Gasteiger charge is 2.47. The van der Waals surface area contributed by atoms with E-state index < -0.39 is 0 Å². The van der Waals surface area contributed by atoms with Crippen molar-refractivity contribution in [2.75, 3.05) is 7.05 Å². The van der Waals surface area contributed by atoms with Gasteiger partial charge < -0.3 is 5.32 Å². The topological polar surface area (TPSA) is 12.0 Å². The van der Waals surface area contributed by atoms with Crippen molar-refractivity contribution in [1.82, 2.24) is 5.32 Å². The lowest BCUT2D eigenvalue weighted by molar-refractivity contribution is 0.348. The lowest BCUT2D eigenvalue weighted by atomic mass is 9.90. The predicted molar refractivity (Wildman–Crippen MR) is 75.0 cm³/mol. The Morgan fingerprint density at radius 2 is 2.06 bits per heavy atom. The highest BCUT2D eigenvalue weighted by atomic mass is 79.9. The molecule has 1 aromatic carbocycles. The molecule has 0 amide bonds. The maximum atomic E-state index is 13.3. The molecule has 2 aliphatic carbocycles. The summed E-state index contributed by atoms with van der Waals surface area (Å²) < 4.78 is 14.3. The van der Waals surface area contributed by atoms with Gasteiger partial charge in [-0.25, -0.2) is 4.39 Å². The van der Waals surface area contributed by atoms with E-state index in [1.807, 2.05) is 13.1 Å². The molecule has 3 unspecified atom stereocenters. The number of hydrogen-bond donors (Lipinski definition) is 1. The van der Waals surface area contributed by atoms with Crippen LogP contribution in [0.4, 0.5) is 4.39 Å². The Balaban J connectivity index is 1.70. The molecule has 18 heavy (non-hydrogen) atoms. The van der Waals surface area contributed by atoms with Gasteiger partial charge in [0, 0.05) is 10.5 Å². The molecule has 0 saturated heterocycles. The van der Waals surface area contributed by atoms with Gasteiger partial charge in [0.1, 0.15) is 5.82 Å². The molecule has 0 spiro atoms. The van der Waals surface area contributed by atoms with Crippen molar-refractivity contribution in [2.45, 2.75) is 31.7 Å². The van der Waals surface area contributed by atoms with E-state index in [1.54, 1.807) is 6.07 Å². The van der Waals surface area contributed by atoms with Crippen molar-refractivity contribution in [2.24, 2.45) is 17.8 Å². The number of benzene rings is 1. The molecule has 0 radical (unpaired) electrons. The monoisotopic (exact) mass is 311 g/mol. The van der Waals surface area contributed by atoms with Crippen LogP contribution in [0.5, 0.6) is 0 Å². The third-order valence-corrected chi connectivity index (χ3v) is 5.44. The summed E-state index contributed by atoms with van der Waals surface area (Å²) in [6, 6.07) is 5.45. The van der Waals surface area contributed by atoms with Crippen LogP contribution in [0.3, 0.4) is 0 Å². The number of rotatable bonds is 4. The third kappa shape index (κ3) is 2.48. The molecule has 3 atom stereocenters. The fourth-order valence-corrected chi connectivity index (χ4v) is 3.94. The molecule has 0 bridgehead atoms. The third-order valence-electron chi connectivity index (χ3n) is 4.67. The van der Waals surface area contributed by atoms with Gasteiger partial charge in [0.2, 0.25) is 0 Å². The summed E-state index contributed by atoms with van der Waals surface area (Å²) >= 11 is 3.52. The minimum atomic E-state index is -0.141. The highest BCUT2D eigenvalue weighted by molar-refractivity contribution is 9.10. The normalized spacial score (nSPS) is 31.2. The second kappa shape index (κ2) is 4.93. The van der Waals surface area contributed by atoms with Crippen LogP contribution in [0.1, 0.15) is 24.8 Å². The van der Waals surface area contributed by atoms with Gasteiger partial charge in [-0.1, -0.05) is 15.9 Å². The van der Waals surface area contributed by atoms with Gasteiger partial charge in [-0.2, -0.15) is 0 Å². The van der Waals surface area contributed by atoms with Crippen molar-refractivity contribution in [3.8, 4) is 0 Å². The zero-order valence-corrected chi connectivity index (χ0v) is 12.2. The van der Waals surface area contributed by atoms with E-state index >= 15 is 0 Å². The molecule has 1 aromatic rings. The Morgan fingerprint density at radius 3 is 2.72 bits per heavy atom.